The highest BCUT2D eigenvalue weighted by Crippen LogP contribution is 2.11. The quantitative estimate of drug-likeness (QED) is 0.440. The molecule has 0 aliphatic rings. The number of rotatable bonds is 4. The minimum Gasteiger partial charge on any atom is -0.456 e. The summed E-state index contributed by atoms with van der Waals surface area (Å²) in [5.41, 5.74) is -0.0813. The van der Waals surface area contributed by atoms with Crippen LogP contribution in [0, 0.1) is 10.1 Å². The number of carbonyl (C=O) groups excluding carboxylic acids is 1. The van der Waals surface area contributed by atoms with Crippen molar-refractivity contribution in [3.63, 3.8) is 0 Å². The largest absolute Gasteiger partial charge is 0.456 e. The second-order valence-electron chi connectivity index (χ2n) is 3.08. The SMILES string of the molecule is O=Cc1ccc(Cn2cc([N+](=O)[O-])cn2)o1. The molecule has 2 aromatic heterocycles. The molecule has 0 bridgehead atoms. The van der Waals surface area contributed by atoms with E-state index >= 15 is 0 Å². The maximum absolute atomic E-state index is 10.4. The Hall–Kier alpha value is -2.44. The topological polar surface area (TPSA) is 91.2 Å². The Morgan fingerprint density at radius 3 is 2.94 bits per heavy atom. The fourth-order valence-corrected chi connectivity index (χ4v) is 1.24. The molecule has 2 rings (SSSR count). The first-order valence-corrected chi connectivity index (χ1v) is 4.40. The summed E-state index contributed by atoms with van der Waals surface area (Å²) >= 11 is 0. The third-order valence-electron chi connectivity index (χ3n) is 1.95. The smallest absolute Gasteiger partial charge is 0.307 e. The van der Waals surface area contributed by atoms with Crippen LogP contribution in [0.1, 0.15) is 16.3 Å². The number of hydrogen-bond acceptors (Lipinski definition) is 5. The van der Waals surface area contributed by atoms with E-state index < -0.39 is 4.92 Å². The normalized spacial score (nSPS) is 10.2. The summed E-state index contributed by atoms with van der Waals surface area (Å²) in [7, 11) is 0. The Labute approximate surface area is 89.4 Å². The molecule has 0 radical (unpaired) electrons. The lowest BCUT2D eigenvalue weighted by atomic mass is 10.4. The van der Waals surface area contributed by atoms with Crippen LogP contribution in [0.4, 0.5) is 5.69 Å². The second kappa shape index (κ2) is 3.97. The maximum Gasteiger partial charge on any atom is 0.307 e. The zero-order valence-corrected chi connectivity index (χ0v) is 8.07. The molecule has 2 aromatic rings. The number of hydrogen-bond donors (Lipinski definition) is 0. The van der Waals surface area contributed by atoms with Crippen molar-refractivity contribution in [1.82, 2.24) is 9.78 Å². The van der Waals surface area contributed by atoms with Gasteiger partial charge < -0.3 is 4.42 Å². The Bertz CT molecular complexity index is 528. The summed E-state index contributed by atoms with van der Waals surface area (Å²) in [5, 5.41) is 14.2. The van der Waals surface area contributed by atoms with Crippen LogP contribution in [0.3, 0.4) is 0 Å². The summed E-state index contributed by atoms with van der Waals surface area (Å²) in [5.74, 6) is 0.733. The highest BCUT2D eigenvalue weighted by Gasteiger charge is 2.10. The summed E-state index contributed by atoms with van der Waals surface area (Å²) in [6.07, 6.45) is 3.04. The number of carbonyl (C=O) groups is 1. The number of nitrogens with zero attached hydrogens (tertiary/aromatic N) is 3. The molecule has 82 valence electrons. The van der Waals surface area contributed by atoms with Crippen LogP contribution in [-0.2, 0) is 6.54 Å². The van der Waals surface area contributed by atoms with E-state index in [0.29, 0.717) is 12.0 Å². The third-order valence-corrected chi connectivity index (χ3v) is 1.95. The molecule has 16 heavy (non-hydrogen) atoms. The van der Waals surface area contributed by atoms with E-state index in [4.69, 9.17) is 4.42 Å². The van der Waals surface area contributed by atoms with E-state index in [1.807, 2.05) is 0 Å². The van der Waals surface area contributed by atoms with Crippen molar-refractivity contribution in [2.45, 2.75) is 6.54 Å². The van der Waals surface area contributed by atoms with Gasteiger partial charge in [0.2, 0.25) is 0 Å². The first-order chi connectivity index (χ1) is 7.69. The Morgan fingerprint density at radius 2 is 2.38 bits per heavy atom. The molecule has 0 spiro atoms. The van der Waals surface area contributed by atoms with Crippen LogP contribution >= 0.6 is 0 Å². The molecule has 0 saturated heterocycles. The molecule has 0 aliphatic heterocycles. The van der Waals surface area contributed by atoms with Gasteiger partial charge in [-0.05, 0) is 12.1 Å². The molecule has 0 amide bonds. The Balaban J connectivity index is 2.13. The van der Waals surface area contributed by atoms with Gasteiger partial charge in [-0.3, -0.25) is 19.6 Å². The summed E-state index contributed by atoms with van der Waals surface area (Å²) < 4.78 is 6.47. The van der Waals surface area contributed by atoms with Gasteiger partial charge in [0, 0.05) is 0 Å². The van der Waals surface area contributed by atoms with Crippen LogP contribution in [-0.4, -0.2) is 21.0 Å². The first kappa shape index (κ1) is 10.1. The lowest BCUT2D eigenvalue weighted by Crippen LogP contribution is -1.98. The van der Waals surface area contributed by atoms with Gasteiger partial charge >= 0.3 is 5.69 Å². The number of aldehydes is 1. The van der Waals surface area contributed by atoms with Crippen molar-refractivity contribution >= 4 is 12.0 Å². The minimum absolute atomic E-state index is 0.0813. The van der Waals surface area contributed by atoms with Crippen molar-refractivity contribution in [2.75, 3.05) is 0 Å². The summed E-state index contributed by atoms with van der Waals surface area (Å²) in [6, 6.07) is 3.15. The molecule has 0 aromatic carbocycles. The fraction of sp³-hybridized carbons (Fsp3) is 0.111. The van der Waals surface area contributed by atoms with E-state index in [1.54, 1.807) is 6.07 Å². The number of nitro groups is 1. The Kier molecular flexibility index (Phi) is 2.50. The highest BCUT2D eigenvalue weighted by atomic mass is 16.6. The average Bonchev–Trinajstić information content (AvgIpc) is 2.87. The first-order valence-electron chi connectivity index (χ1n) is 4.40. The van der Waals surface area contributed by atoms with E-state index in [1.165, 1.54) is 16.9 Å². The number of aromatic nitrogens is 2. The van der Waals surface area contributed by atoms with E-state index in [9.17, 15) is 14.9 Å². The molecule has 7 nitrogen and oxygen atoms in total. The van der Waals surface area contributed by atoms with Crippen LogP contribution in [0.15, 0.2) is 28.9 Å². The summed E-state index contributed by atoms with van der Waals surface area (Å²) in [4.78, 5) is 20.2. The molecule has 2 heterocycles. The van der Waals surface area contributed by atoms with Crippen molar-refractivity contribution in [3.8, 4) is 0 Å². The lowest BCUT2D eigenvalue weighted by molar-refractivity contribution is -0.385. The van der Waals surface area contributed by atoms with Crippen LogP contribution in [0.25, 0.3) is 0 Å². The maximum atomic E-state index is 10.4. The third kappa shape index (κ3) is 1.97. The van der Waals surface area contributed by atoms with E-state index in [0.717, 1.165) is 6.20 Å². The van der Waals surface area contributed by atoms with Gasteiger partial charge in [-0.2, -0.15) is 5.10 Å². The zero-order chi connectivity index (χ0) is 11.5. The fourth-order valence-electron chi connectivity index (χ4n) is 1.24. The average molecular weight is 221 g/mol. The van der Waals surface area contributed by atoms with Crippen molar-refractivity contribution < 1.29 is 14.1 Å². The minimum atomic E-state index is -0.525. The Morgan fingerprint density at radius 1 is 1.56 bits per heavy atom. The predicted octanol–water partition coefficient (Wildman–Crippen LogP) is 1.25. The van der Waals surface area contributed by atoms with Gasteiger partial charge in [0.25, 0.3) is 0 Å². The molecule has 0 fully saturated rings. The van der Waals surface area contributed by atoms with Gasteiger partial charge in [-0.1, -0.05) is 0 Å². The van der Waals surface area contributed by atoms with E-state index in [-0.39, 0.29) is 18.0 Å². The number of furan rings is 1. The van der Waals surface area contributed by atoms with Crippen molar-refractivity contribution in [1.29, 1.82) is 0 Å². The molecule has 7 heteroatoms. The van der Waals surface area contributed by atoms with Crippen molar-refractivity contribution in [3.05, 3.63) is 46.2 Å². The molecule has 0 unspecified atom stereocenters. The molecular formula is C9H7N3O4. The van der Waals surface area contributed by atoms with E-state index in [2.05, 4.69) is 5.10 Å². The zero-order valence-electron chi connectivity index (χ0n) is 8.07. The molecule has 0 aliphatic carbocycles. The van der Waals surface area contributed by atoms with Gasteiger partial charge in [-0.15, -0.1) is 0 Å². The lowest BCUT2D eigenvalue weighted by Gasteiger charge is -1.95. The van der Waals surface area contributed by atoms with Gasteiger partial charge in [0.15, 0.2) is 12.0 Å². The molecular weight excluding hydrogens is 214 g/mol. The van der Waals surface area contributed by atoms with Crippen LogP contribution in [0.5, 0.6) is 0 Å². The summed E-state index contributed by atoms with van der Waals surface area (Å²) in [6.45, 7) is 0.252. The second-order valence-corrected chi connectivity index (χ2v) is 3.08. The van der Waals surface area contributed by atoms with Crippen LogP contribution < -0.4 is 0 Å². The molecule has 0 N–H and O–H groups in total. The van der Waals surface area contributed by atoms with Gasteiger partial charge in [0.1, 0.15) is 18.2 Å². The van der Waals surface area contributed by atoms with Crippen LogP contribution in [0.2, 0.25) is 0 Å². The van der Waals surface area contributed by atoms with Crippen molar-refractivity contribution in [2.24, 2.45) is 0 Å². The monoisotopic (exact) mass is 221 g/mol. The predicted molar refractivity (Wildman–Crippen MR) is 52.1 cm³/mol. The highest BCUT2D eigenvalue weighted by molar-refractivity contribution is 5.70. The molecule has 0 saturated carbocycles. The van der Waals surface area contributed by atoms with Gasteiger partial charge in [-0.25, -0.2) is 0 Å². The standard InChI is InChI=1S/C9H7N3O4/c13-6-9-2-1-8(16-9)5-11-4-7(3-10-11)12(14)15/h1-4,6H,5H2. The van der Waals surface area contributed by atoms with Gasteiger partial charge in [0.05, 0.1) is 11.5 Å². The molecule has 0 atom stereocenters.